The van der Waals surface area contributed by atoms with Crippen LogP contribution < -0.4 is 5.32 Å². The number of nitrogens with zero attached hydrogens (tertiary/aromatic N) is 2. The van der Waals surface area contributed by atoms with Crippen molar-refractivity contribution < 1.29 is 14.7 Å². The summed E-state index contributed by atoms with van der Waals surface area (Å²) in [6.45, 7) is 1.97. The summed E-state index contributed by atoms with van der Waals surface area (Å²) in [5.74, 6) is -1.49. The molecule has 122 valence electrons. The Kier molecular flexibility index (Phi) is 5.76. The van der Waals surface area contributed by atoms with Crippen molar-refractivity contribution in [1.29, 1.82) is 0 Å². The number of rotatable bonds is 7. The molecule has 23 heavy (non-hydrogen) atoms. The molecule has 2 N–H and O–H groups in total. The minimum atomic E-state index is -1.03. The molecule has 0 saturated carbocycles. The molecule has 1 atom stereocenters. The van der Waals surface area contributed by atoms with Crippen LogP contribution in [0.15, 0.2) is 36.7 Å². The van der Waals surface area contributed by atoms with Crippen LogP contribution in [0.25, 0.3) is 5.69 Å². The number of carboxylic acid groups (broad SMARTS) is 1. The number of benzene rings is 1. The number of carbonyl (C=O) groups is 2. The SMILES string of the molecule is CCCCC(NC(=O)c1cnn(-c2cccc(Cl)c2)c1)C(=O)O. The van der Waals surface area contributed by atoms with Gasteiger partial charge in [0.25, 0.3) is 5.91 Å². The van der Waals surface area contributed by atoms with Crippen LogP contribution in [0.4, 0.5) is 0 Å². The molecule has 0 fully saturated rings. The quantitative estimate of drug-likeness (QED) is 0.814. The molecular formula is C16H18ClN3O3. The van der Waals surface area contributed by atoms with E-state index in [1.165, 1.54) is 10.9 Å². The predicted octanol–water partition coefficient (Wildman–Crippen LogP) is 2.90. The molecule has 0 bridgehead atoms. The lowest BCUT2D eigenvalue weighted by Gasteiger charge is -2.13. The lowest BCUT2D eigenvalue weighted by molar-refractivity contribution is -0.139. The van der Waals surface area contributed by atoms with Gasteiger partial charge >= 0.3 is 5.97 Å². The molecule has 1 heterocycles. The van der Waals surface area contributed by atoms with Crippen molar-refractivity contribution in [1.82, 2.24) is 15.1 Å². The van der Waals surface area contributed by atoms with Crippen molar-refractivity contribution in [2.75, 3.05) is 0 Å². The zero-order valence-electron chi connectivity index (χ0n) is 12.7. The minimum absolute atomic E-state index is 0.299. The highest BCUT2D eigenvalue weighted by atomic mass is 35.5. The van der Waals surface area contributed by atoms with Crippen LogP contribution in [0, 0.1) is 0 Å². The fraction of sp³-hybridized carbons (Fsp3) is 0.312. The van der Waals surface area contributed by atoms with Gasteiger partial charge in [-0.3, -0.25) is 4.79 Å². The maximum absolute atomic E-state index is 12.2. The fourth-order valence-electron chi connectivity index (χ4n) is 2.11. The average molecular weight is 336 g/mol. The van der Waals surface area contributed by atoms with E-state index in [2.05, 4.69) is 10.4 Å². The summed E-state index contributed by atoms with van der Waals surface area (Å²) in [4.78, 5) is 23.4. The molecular weight excluding hydrogens is 318 g/mol. The molecule has 1 amide bonds. The smallest absolute Gasteiger partial charge is 0.326 e. The number of hydrogen-bond donors (Lipinski definition) is 2. The van der Waals surface area contributed by atoms with Crippen molar-refractivity contribution in [3.63, 3.8) is 0 Å². The summed E-state index contributed by atoms with van der Waals surface area (Å²) in [5.41, 5.74) is 1.02. The van der Waals surface area contributed by atoms with Crippen LogP contribution in [0.2, 0.25) is 5.02 Å². The lowest BCUT2D eigenvalue weighted by Crippen LogP contribution is -2.40. The van der Waals surface area contributed by atoms with E-state index in [4.69, 9.17) is 16.7 Å². The third-order valence-corrected chi connectivity index (χ3v) is 3.60. The third kappa shape index (κ3) is 4.56. The Hall–Kier alpha value is -2.34. The second-order valence-corrected chi connectivity index (χ2v) is 5.60. The first-order valence-electron chi connectivity index (χ1n) is 7.35. The summed E-state index contributed by atoms with van der Waals surface area (Å²) in [7, 11) is 0. The van der Waals surface area contributed by atoms with Crippen LogP contribution in [0.1, 0.15) is 36.5 Å². The molecule has 0 aliphatic carbocycles. The average Bonchev–Trinajstić information content (AvgIpc) is 3.01. The number of carboxylic acids is 1. The number of aromatic nitrogens is 2. The van der Waals surface area contributed by atoms with E-state index in [0.29, 0.717) is 17.0 Å². The number of unbranched alkanes of at least 4 members (excludes halogenated alkanes) is 1. The van der Waals surface area contributed by atoms with Gasteiger partial charge in [0.15, 0.2) is 0 Å². The lowest BCUT2D eigenvalue weighted by atomic mass is 10.1. The van der Waals surface area contributed by atoms with Crippen LogP contribution in [0.3, 0.4) is 0 Å². The van der Waals surface area contributed by atoms with Crippen LogP contribution in [-0.4, -0.2) is 32.8 Å². The first kappa shape index (κ1) is 17.0. The number of amides is 1. The highest BCUT2D eigenvalue weighted by Gasteiger charge is 2.20. The summed E-state index contributed by atoms with van der Waals surface area (Å²) >= 11 is 5.93. The van der Waals surface area contributed by atoms with Crippen molar-refractivity contribution >= 4 is 23.5 Å². The van der Waals surface area contributed by atoms with E-state index < -0.39 is 17.9 Å². The van der Waals surface area contributed by atoms with E-state index in [0.717, 1.165) is 18.5 Å². The van der Waals surface area contributed by atoms with Gasteiger partial charge in [-0.2, -0.15) is 5.10 Å². The normalized spacial score (nSPS) is 11.9. The van der Waals surface area contributed by atoms with Crippen molar-refractivity contribution in [3.8, 4) is 5.69 Å². The Labute approximate surface area is 139 Å². The second-order valence-electron chi connectivity index (χ2n) is 5.16. The summed E-state index contributed by atoms with van der Waals surface area (Å²) < 4.78 is 1.52. The van der Waals surface area contributed by atoms with Gasteiger partial charge in [-0.15, -0.1) is 0 Å². The van der Waals surface area contributed by atoms with E-state index in [9.17, 15) is 9.59 Å². The molecule has 2 aromatic rings. The van der Waals surface area contributed by atoms with Crippen LogP contribution in [0.5, 0.6) is 0 Å². The van der Waals surface area contributed by atoms with Gasteiger partial charge in [0.2, 0.25) is 0 Å². The predicted molar refractivity (Wildman–Crippen MR) is 87.0 cm³/mol. The minimum Gasteiger partial charge on any atom is -0.480 e. The molecule has 6 nitrogen and oxygen atoms in total. The number of halogens is 1. The van der Waals surface area contributed by atoms with Gasteiger partial charge in [-0.1, -0.05) is 37.4 Å². The van der Waals surface area contributed by atoms with E-state index in [-0.39, 0.29) is 0 Å². The number of hydrogen-bond acceptors (Lipinski definition) is 3. The molecule has 1 aromatic heterocycles. The maximum atomic E-state index is 12.2. The van der Waals surface area contributed by atoms with Crippen molar-refractivity contribution in [2.45, 2.75) is 32.2 Å². The number of aliphatic carboxylic acids is 1. The second kappa shape index (κ2) is 7.78. The zero-order chi connectivity index (χ0) is 16.8. The van der Waals surface area contributed by atoms with Gasteiger partial charge < -0.3 is 10.4 Å². The summed E-state index contributed by atoms with van der Waals surface area (Å²) in [6, 6.07) is 6.16. The largest absolute Gasteiger partial charge is 0.480 e. The highest BCUT2D eigenvalue weighted by Crippen LogP contribution is 2.14. The first-order valence-corrected chi connectivity index (χ1v) is 7.73. The molecule has 0 saturated heterocycles. The Balaban J connectivity index is 2.10. The molecule has 0 spiro atoms. The van der Waals surface area contributed by atoms with E-state index in [1.54, 1.807) is 24.4 Å². The molecule has 0 radical (unpaired) electrons. The molecule has 7 heteroatoms. The van der Waals surface area contributed by atoms with Crippen molar-refractivity contribution in [3.05, 3.63) is 47.2 Å². The van der Waals surface area contributed by atoms with Gasteiger partial charge in [-0.25, -0.2) is 9.48 Å². The monoisotopic (exact) mass is 335 g/mol. The van der Waals surface area contributed by atoms with Gasteiger partial charge in [0.05, 0.1) is 17.4 Å². The summed E-state index contributed by atoms with van der Waals surface area (Å²) in [6.07, 6.45) is 4.94. The molecule has 1 unspecified atom stereocenters. The zero-order valence-corrected chi connectivity index (χ0v) is 13.5. The Morgan fingerprint density at radius 3 is 2.87 bits per heavy atom. The first-order chi connectivity index (χ1) is 11.0. The molecule has 1 aromatic carbocycles. The van der Waals surface area contributed by atoms with Crippen molar-refractivity contribution in [2.24, 2.45) is 0 Å². The summed E-state index contributed by atoms with van der Waals surface area (Å²) in [5, 5.41) is 16.4. The van der Waals surface area contributed by atoms with Gasteiger partial charge in [0, 0.05) is 11.2 Å². The van der Waals surface area contributed by atoms with Crippen LogP contribution >= 0.6 is 11.6 Å². The van der Waals surface area contributed by atoms with Gasteiger partial charge in [0.1, 0.15) is 6.04 Å². The Morgan fingerprint density at radius 2 is 2.22 bits per heavy atom. The van der Waals surface area contributed by atoms with E-state index in [1.807, 2.05) is 13.0 Å². The molecule has 2 rings (SSSR count). The third-order valence-electron chi connectivity index (χ3n) is 3.37. The molecule has 0 aliphatic heterocycles. The van der Waals surface area contributed by atoms with Crippen LogP contribution in [-0.2, 0) is 4.79 Å². The molecule has 0 aliphatic rings. The maximum Gasteiger partial charge on any atom is 0.326 e. The standard InChI is InChI=1S/C16H18ClN3O3/c1-2-3-7-14(16(22)23)19-15(21)11-9-18-20(10-11)13-6-4-5-12(17)8-13/h4-6,8-10,14H,2-3,7H2,1H3,(H,19,21)(H,22,23). The number of nitrogens with one attached hydrogen (secondary N) is 1. The topological polar surface area (TPSA) is 84.2 Å². The Morgan fingerprint density at radius 1 is 1.43 bits per heavy atom. The van der Waals surface area contributed by atoms with Gasteiger partial charge in [-0.05, 0) is 24.6 Å². The fourth-order valence-corrected chi connectivity index (χ4v) is 2.29. The highest BCUT2D eigenvalue weighted by molar-refractivity contribution is 6.30. The Bertz CT molecular complexity index is 699. The number of carbonyl (C=O) groups excluding carboxylic acids is 1. The van der Waals surface area contributed by atoms with E-state index >= 15 is 0 Å².